The Hall–Kier alpha value is -1.36. The van der Waals surface area contributed by atoms with Gasteiger partial charge in [-0.15, -0.1) is 0 Å². The zero-order chi connectivity index (χ0) is 14.8. The van der Waals surface area contributed by atoms with Crippen molar-refractivity contribution in [1.82, 2.24) is 14.9 Å². The lowest BCUT2D eigenvalue weighted by molar-refractivity contribution is -0.135. The molecule has 0 bridgehead atoms. The van der Waals surface area contributed by atoms with Crippen LogP contribution in [0.4, 0.5) is 0 Å². The monoisotopic (exact) mass is 291 g/mol. The van der Waals surface area contributed by atoms with E-state index in [4.69, 9.17) is 4.74 Å². The number of hydrogen-bond acceptors (Lipinski definition) is 3. The molecule has 0 saturated carbocycles. The quantitative estimate of drug-likeness (QED) is 0.922. The van der Waals surface area contributed by atoms with Crippen LogP contribution in [0.5, 0.6) is 0 Å². The van der Waals surface area contributed by atoms with Crippen LogP contribution in [0.15, 0.2) is 0 Å². The van der Waals surface area contributed by atoms with E-state index in [1.54, 1.807) is 0 Å². The van der Waals surface area contributed by atoms with Crippen molar-refractivity contribution in [3.8, 4) is 0 Å². The Morgan fingerprint density at radius 1 is 1.48 bits per heavy atom. The lowest BCUT2D eigenvalue weighted by Crippen LogP contribution is -2.40. The van der Waals surface area contributed by atoms with Crippen LogP contribution in [-0.2, 0) is 22.4 Å². The summed E-state index contributed by atoms with van der Waals surface area (Å²) in [7, 11) is 1.94. The first-order valence-corrected chi connectivity index (χ1v) is 8.00. The fourth-order valence-electron chi connectivity index (χ4n) is 3.57. The third-order valence-electron chi connectivity index (χ3n) is 4.68. The van der Waals surface area contributed by atoms with E-state index in [2.05, 4.69) is 9.97 Å². The minimum absolute atomic E-state index is 0.104. The first-order valence-electron chi connectivity index (χ1n) is 8.00. The summed E-state index contributed by atoms with van der Waals surface area (Å²) in [6, 6.07) is 0. The number of aryl methyl sites for hydroxylation is 2. The molecule has 116 valence electrons. The molecule has 1 fully saturated rings. The van der Waals surface area contributed by atoms with Gasteiger partial charge in [0.1, 0.15) is 5.82 Å². The van der Waals surface area contributed by atoms with Crippen molar-refractivity contribution in [2.24, 2.45) is 11.8 Å². The molecule has 0 aromatic carbocycles. The van der Waals surface area contributed by atoms with Crippen LogP contribution in [0.2, 0.25) is 0 Å². The molecule has 2 heterocycles. The predicted octanol–water partition coefficient (Wildman–Crippen LogP) is 1.71. The second-order valence-electron chi connectivity index (χ2n) is 6.49. The average molecular weight is 291 g/mol. The van der Waals surface area contributed by atoms with Crippen molar-refractivity contribution >= 4 is 5.91 Å². The molecule has 0 spiro atoms. The number of carbonyl (C=O) groups is 1. The number of carbonyl (C=O) groups excluding carboxylic acids is 1. The molecule has 5 heteroatoms. The number of aromatic nitrogens is 2. The highest BCUT2D eigenvalue weighted by Gasteiger charge is 2.29. The van der Waals surface area contributed by atoms with Gasteiger partial charge < -0.3 is 14.6 Å². The summed E-state index contributed by atoms with van der Waals surface area (Å²) in [5.74, 6) is 1.84. The fourth-order valence-corrected chi connectivity index (χ4v) is 3.57. The van der Waals surface area contributed by atoms with Gasteiger partial charge in [-0.2, -0.15) is 0 Å². The maximum Gasteiger partial charge on any atom is 0.225 e. The summed E-state index contributed by atoms with van der Waals surface area (Å²) < 4.78 is 5.51. The third kappa shape index (κ3) is 3.28. The highest BCUT2D eigenvalue weighted by molar-refractivity contribution is 5.79. The van der Waals surface area contributed by atoms with Crippen LogP contribution in [0.3, 0.4) is 0 Å². The summed E-state index contributed by atoms with van der Waals surface area (Å²) in [6.07, 6.45) is 4.93. The molecular weight excluding hydrogens is 266 g/mol. The smallest absolute Gasteiger partial charge is 0.225 e. The molecule has 1 aliphatic carbocycles. The normalized spacial score (nSPS) is 25.4. The Labute approximate surface area is 126 Å². The van der Waals surface area contributed by atoms with Gasteiger partial charge in [0.15, 0.2) is 0 Å². The Morgan fingerprint density at radius 2 is 2.33 bits per heavy atom. The average Bonchev–Trinajstić information content (AvgIpc) is 2.86. The summed E-state index contributed by atoms with van der Waals surface area (Å²) in [6.45, 7) is 4.47. The third-order valence-corrected chi connectivity index (χ3v) is 4.68. The molecule has 1 aromatic heterocycles. The van der Waals surface area contributed by atoms with Gasteiger partial charge in [-0.3, -0.25) is 4.79 Å². The zero-order valence-corrected chi connectivity index (χ0v) is 13.0. The lowest BCUT2D eigenvalue weighted by Gasteiger charge is -2.30. The first kappa shape index (κ1) is 14.6. The van der Waals surface area contributed by atoms with Crippen molar-refractivity contribution < 1.29 is 9.53 Å². The highest BCUT2D eigenvalue weighted by atomic mass is 16.5. The van der Waals surface area contributed by atoms with Gasteiger partial charge in [0.25, 0.3) is 0 Å². The molecule has 1 saturated heterocycles. The van der Waals surface area contributed by atoms with E-state index in [0.29, 0.717) is 5.92 Å². The molecule has 1 N–H and O–H groups in total. The van der Waals surface area contributed by atoms with Crippen molar-refractivity contribution in [3.05, 3.63) is 17.2 Å². The van der Waals surface area contributed by atoms with Crippen LogP contribution in [0, 0.1) is 18.8 Å². The Morgan fingerprint density at radius 3 is 3.10 bits per heavy atom. The van der Waals surface area contributed by atoms with Crippen molar-refractivity contribution in [2.45, 2.75) is 39.0 Å². The Bertz CT molecular complexity index is 506. The van der Waals surface area contributed by atoms with E-state index < -0.39 is 0 Å². The summed E-state index contributed by atoms with van der Waals surface area (Å²) in [5.41, 5.74) is 2.31. The minimum Gasteiger partial charge on any atom is -0.381 e. The van der Waals surface area contributed by atoms with Crippen LogP contribution >= 0.6 is 0 Å². The van der Waals surface area contributed by atoms with Crippen molar-refractivity contribution in [1.29, 1.82) is 0 Å². The molecule has 0 radical (unpaired) electrons. The topological polar surface area (TPSA) is 58.2 Å². The summed E-state index contributed by atoms with van der Waals surface area (Å²) in [5, 5.41) is 0. The number of ether oxygens (including phenoxy) is 1. The SMILES string of the molecule is Cc1nc2c([nH]1)C[C@@H](C(=O)N(C)C[C@@H]1CCCOC1)CC2. The van der Waals surface area contributed by atoms with Gasteiger partial charge in [-0.05, 0) is 38.5 Å². The van der Waals surface area contributed by atoms with E-state index in [-0.39, 0.29) is 11.8 Å². The highest BCUT2D eigenvalue weighted by Crippen LogP contribution is 2.26. The molecule has 2 aliphatic rings. The van der Waals surface area contributed by atoms with Gasteiger partial charge in [-0.1, -0.05) is 0 Å². The number of nitrogens with one attached hydrogen (secondary N) is 1. The number of aromatic amines is 1. The second kappa shape index (κ2) is 6.18. The second-order valence-corrected chi connectivity index (χ2v) is 6.49. The van der Waals surface area contributed by atoms with Crippen LogP contribution in [0.1, 0.15) is 36.5 Å². The maximum atomic E-state index is 12.6. The van der Waals surface area contributed by atoms with Gasteiger partial charge in [0.05, 0.1) is 12.3 Å². The van der Waals surface area contributed by atoms with Crippen LogP contribution < -0.4 is 0 Å². The van der Waals surface area contributed by atoms with E-state index in [1.807, 2.05) is 18.9 Å². The molecule has 1 aliphatic heterocycles. The van der Waals surface area contributed by atoms with E-state index in [9.17, 15) is 4.79 Å². The summed E-state index contributed by atoms with van der Waals surface area (Å²) >= 11 is 0. The number of nitrogens with zero attached hydrogens (tertiary/aromatic N) is 2. The number of H-pyrrole nitrogens is 1. The molecule has 1 aromatic rings. The standard InChI is InChI=1S/C16H25N3O2/c1-11-17-14-6-5-13(8-15(14)18-11)16(20)19(2)9-12-4-3-7-21-10-12/h12-13H,3-10H2,1-2H3,(H,17,18)/t12-,13-/m0/s1. The number of rotatable bonds is 3. The largest absolute Gasteiger partial charge is 0.381 e. The van der Waals surface area contributed by atoms with Crippen LogP contribution in [-0.4, -0.2) is 47.6 Å². The lowest BCUT2D eigenvalue weighted by atomic mass is 9.88. The molecule has 3 rings (SSSR count). The van der Waals surface area contributed by atoms with Gasteiger partial charge in [-0.25, -0.2) is 4.98 Å². The predicted molar refractivity (Wildman–Crippen MR) is 80.0 cm³/mol. The number of fused-ring (bicyclic) bond motifs is 1. The zero-order valence-electron chi connectivity index (χ0n) is 13.0. The minimum atomic E-state index is 0.104. The van der Waals surface area contributed by atoms with E-state index in [0.717, 1.165) is 62.7 Å². The van der Waals surface area contributed by atoms with Crippen molar-refractivity contribution in [2.75, 3.05) is 26.8 Å². The van der Waals surface area contributed by atoms with E-state index >= 15 is 0 Å². The molecular formula is C16H25N3O2. The maximum absolute atomic E-state index is 12.6. The van der Waals surface area contributed by atoms with Gasteiger partial charge >= 0.3 is 0 Å². The summed E-state index contributed by atoms with van der Waals surface area (Å²) in [4.78, 5) is 22.3. The number of amides is 1. The fraction of sp³-hybridized carbons (Fsp3) is 0.750. The molecule has 21 heavy (non-hydrogen) atoms. The molecule has 1 amide bonds. The molecule has 0 unspecified atom stereocenters. The van der Waals surface area contributed by atoms with E-state index in [1.165, 1.54) is 6.42 Å². The molecule has 5 nitrogen and oxygen atoms in total. The van der Waals surface area contributed by atoms with Crippen LogP contribution in [0.25, 0.3) is 0 Å². The number of imidazole rings is 1. The van der Waals surface area contributed by atoms with Gasteiger partial charge in [0, 0.05) is 38.2 Å². The first-order chi connectivity index (χ1) is 10.1. The van der Waals surface area contributed by atoms with Gasteiger partial charge in [0.2, 0.25) is 5.91 Å². The van der Waals surface area contributed by atoms with Crippen molar-refractivity contribution in [3.63, 3.8) is 0 Å². The number of hydrogen-bond donors (Lipinski definition) is 1. The Kier molecular flexibility index (Phi) is 4.29. The molecule has 2 atom stereocenters. The Balaban J connectivity index is 1.57.